The molecule has 0 aliphatic rings. The third kappa shape index (κ3) is 3.91. The predicted molar refractivity (Wildman–Crippen MR) is 99.7 cm³/mol. The number of hydrogen-bond donors (Lipinski definition) is 1. The Balaban J connectivity index is 1.71. The molecule has 0 unspecified atom stereocenters. The van der Waals surface area contributed by atoms with Gasteiger partial charge in [0.25, 0.3) is 5.91 Å². The van der Waals surface area contributed by atoms with Gasteiger partial charge in [0.1, 0.15) is 5.82 Å². The molecule has 0 fully saturated rings. The number of hydrogen-bond acceptors (Lipinski definition) is 2. The van der Waals surface area contributed by atoms with Gasteiger partial charge in [-0.1, -0.05) is 40.2 Å². The maximum Gasteiger partial charge on any atom is 0.261 e. The summed E-state index contributed by atoms with van der Waals surface area (Å²) in [4.78, 5) is 14.0. The van der Waals surface area contributed by atoms with Crippen LogP contribution in [0.3, 0.4) is 0 Å². The van der Waals surface area contributed by atoms with E-state index in [2.05, 4.69) is 21.2 Å². The van der Waals surface area contributed by atoms with E-state index >= 15 is 0 Å². The molecule has 3 rings (SSSR count). The molecule has 2 aromatic carbocycles. The van der Waals surface area contributed by atoms with Gasteiger partial charge in [0.15, 0.2) is 0 Å². The Morgan fingerprint density at radius 2 is 1.71 bits per heavy atom. The van der Waals surface area contributed by atoms with Crippen molar-refractivity contribution in [3.05, 3.63) is 81.4 Å². The first-order valence-electron chi connectivity index (χ1n) is 7.45. The molecule has 0 saturated carbocycles. The lowest BCUT2D eigenvalue weighted by atomic mass is 10.1. The fraction of sp³-hybridized carbons (Fsp3) is 0.105. The van der Waals surface area contributed by atoms with Crippen LogP contribution in [0.4, 0.5) is 4.39 Å². The minimum absolute atomic E-state index is 0.0815. The number of carbonyl (C=O) groups is 1. The maximum atomic E-state index is 13.0. The Morgan fingerprint density at radius 1 is 1.04 bits per heavy atom. The Morgan fingerprint density at radius 3 is 2.38 bits per heavy atom. The van der Waals surface area contributed by atoms with Gasteiger partial charge >= 0.3 is 0 Å². The lowest BCUT2D eigenvalue weighted by Gasteiger charge is -2.13. The fourth-order valence-electron chi connectivity index (χ4n) is 2.33. The van der Waals surface area contributed by atoms with Crippen LogP contribution in [-0.4, -0.2) is 5.91 Å². The van der Waals surface area contributed by atoms with Crippen molar-refractivity contribution in [2.45, 2.75) is 13.0 Å². The summed E-state index contributed by atoms with van der Waals surface area (Å²) >= 11 is 4.80. The summed E-state index contributed by atoms with van der Waals surface area (Å²) in [7, 11) is 0. The van der Waals surface area contributed by atoms with Crippen molar-refractivity contribution in [1.82, 2.24) is 5.32 Å². The number of amides is 1. The lowest BCUT2D eigenvalue weighted by Crippen LogP contribution is -2.25. The van der Waals surface area contributed by atoms with Gasteiger partial charge in [-0.15, -0.1) is 11.3 Å². The van der Waals surface area contributed by atoms with Crippen molar-refractivity contribution >= 4 is 33.2 Å². The van der Waals surface area contributed by atoms with Gasteiger partial charge in [0.2, 0.25) is 0 Å². The average Bonchev–Trinajstić information content (AvgIpc) is 3.06. The summed E-state index contributed by atoms with van der Waals surface area (Å²) in [5.41, 5.74) is 1.95. The molecule has 122 valence electrons. The van der Waals surface area contributed by atoms with E-state index in [1.54, 1.807) is 18.2 Å². The molecule has 1 atom stereocenters. The zero-order chi connectivity index (χ0) is 17.1. The van der Waals surface area contributed by atoms with Gasteiger partial charge in [0, 0.05) is 9.35 Å². The van der Waals surface area contributed by atoms with Crippen LogP contribution in [0.15, 0.2) is 65.1 Å². The minimum Gasteiger partial charge on any atom is -0.345 e. The zero-order valence-corrected chi connectivity index (χ0v) is 15.3. The zero-order valence-electron chi connectivity index (χ0n) is 12.9. The molecule has 1 N–H and O–H groups in total. The molecular formula is C19H15BrFNOS. The molecule has 1 aromatic heterocycles. The summed E-state index contributed by atoms with van der Waals surface area (Å²) in [5, 5.41) is 3.00. The van der Waals surface area contributed by atoms with E-state index in [0.717, 1.165) is 20.5 Å². The van der Waals surface area contributed by atoms with Crippen LogP contribution in [0, 0.1) is 5.82 Å². The summed E-state index contributed by atoms with van der Waals surface area (Å²) < 4.78 is 14.0. The fourth-order valence-corrected chi connectivity index (χ4v) is 3.51. The summed E-state index contributed by atoms with van der Waals surface area (Å²) in [6.45, 7) is 1.95. The Hall–Kier alpha value is -1.98. The molecular weight excluding hydrogens is 389 g/mol. The molecule has 0 bridgehead atoms. The number of carbonyl (C=O) groups excluding carboxylic acids is 1. The van der Waals surface area contributed by atoms with Crippen molar-refractivity contribution < 1.29 is 9.18 Å². The van der Waals surface area contributed by atoms with Crippen LogP contribution >= 0.6 is 27.3 Å². The lowest BCUT2D eigenvalue weighted by molar-refractivity contribution is 0.0944. The van der Waals surface area contributed by atoms with Crippen LogP contribution in [0.25, 0.3) is 10.4 Å². The van der Waals surface area contributed by atoms with E-state index in [4.69, 9.17) is 0 Å². The number of halogens is 2. The van der Waals surface area contributed by atoms with Gasteiger partial charge in [0.05, 0.1) is 10.9 Å². The molecule has 0 spiro atoms. The van der Waals surface area contributed by atoms with Gasteiger partial charge in [-0.3, -0.25) is 4.79 Å². The van der Waals surface area contributed by atoms with E-state index in [9.17, 15) is 9.18 Å². The predicted octanol–water partition coefficient (Wildman–Crippen LogP) is 5.81. The standard InChI is InChI=1S/C19H15BrFNOS/c1-12(13-2-6-15(20)7-3-13)22-19(23)18-11-10-17(24-18)14-4-8-16(21)9-5-14/h2-12H,1H3,(H,22,23)/t12-/m0/s1. The maximum absolute atomic E-state index is 13.0. The van der Waals surface area contributed by atoms with E-state index < -0.39 is 0 Å². The highest BCUT2D eigenvalue weighted by Crippen LogP contribution is 2.28. The number of rotatable bonds is 4. The molecule has 0 radical (unpaired) electrons. The molecule has 0 saturated heterocycles. The van der Waals surface area contributed by atoms with Gasteiger partial charge in [-0.05, 0) is 54.4 Å². The second-order valence-corrected chi connectivity index (χ2v) is 7.42. The van der Waals surface area contributed by atoms with E-state index in [0.29, 0.717) is 4.88 Å². The summed E-state index contributed by atoms with van der Waals surface area (Å²) in [5.74, 6) is -0.375. The van der Waals surface area contributed by atoms with Gasteiger partial charge in [-0.25, -0.2) is 4.39 Å². The van der Waals surface area contributed by atoms with Crippen LogP contribution in [-0.2, 0) is 0 Å². The van der Waals surface area contributed by atoms with Crippen molar-refractivity contribution in [3.8, 4) is 10.4 Å². The SMILES string of the molecule is C[C@H](NC(=O)c1ccc(-c2ccc(F)cc2)s1)c1ccc(Br)cc1. The summed E-state index contributed by atoms with van der Waals surface area (Å²) in [6, 6.07) is 17.7. The molecule has 24 heavy (non-hydrogen) atoms. The Labute approximate surface area is 152 Å². The first-order valence-corrected chi connectivity index (χ1v) is 9.06. The third-order valence-corrected chi connectivity index (χ3v) is 5.34. The van der Waals surface area contributed by atoms with Gasteiger partial charge in [-0.2, -0.15) is 0 Å². The van der Waals surface area contributed by atoms with Crippen LogP contribution < -0.4 is 5.32 Å². The largest absolute Gasteiger partial charge is 0.345 e. The van der Waals surface area contributed by atoms with Crippen molar-refractivity contribution in [2.24, 2.45) is 0 Å². The van der Waals surface area contributed by atoms with E-state index in [1.165, 1.54) is 23.5 Å². The van der Waals surface area contributed by atoms with E-state index in [1.807, 2.05) is 37.3 Å². The molecule has 3 aromatic rings. The highest BCUT2D eigenvalue weighted by atomic mass is 79.9. The molecule has 0 aliphatic carbocycles. The second kappa shape index (κ2) is 7.28. The highest BCUT2D eigenvalue weighted by Gasteiger charge is 2.14. The van der Waals surface area contributed by atoms with E-state index in [-0.39, 0.29) is 17.8 Å². The summed E-state index contributed by atoms with van der Waals surface area (Å²) in [6.07, 6.45) is 0. The Bertz CT molecular complexity index is 843. The molecule has 5 heteroatoms. The number of thiophene rings is 1. The first-order chi connectivity index (χ1) is 11.5. The molecule has 0 aliphatic heterocycles. The third-order valence-electron chi connectivity index (χ3n) is 3.68. The topological polar surface area (TPSA) is 29.1 Å². The highest BCUT2D eigenvalue weighted by molar-refractivity contribution is 9.10. The van der Waals surface area contributed by atoms with Gasteiger partial charge < -0.3 is 5.32 Å². The van der Waals surface area contributed by atoms with Crippen molar-refractivity contribution in [1.29, 1.82) is 0 Å². The number of nitrogens with one attached hydrogen (secondary N) is 1. The molecule has 1 amide bonds. The van der Waals surface area contributed by atoms with Crippen LogP contribution in [0.1, 0.15) is 28.2 Å². The van der Waals surface area contributed by atoms with Crippen molar-refractivity contribution in [2.75, 3.05) is 0 Å². The molecule has 1 heterocycles. The monoisotopic (exact) mass is 403 g/mol. The van der Waals surface area contributed by atoms with Crippen LogP contribution in [0.2, 0.25) is 0 Å². The van der Waals surface area contributed by atoms with Crippen molar-refractivity contribution in [3.63, 3.8) is 0 Å². The second-order valence-electron chi connectivity index (χ2n) is 5.42. The first kappa shape index (κ1) is 16.9. The van der Waals surface area contributed by atoms with Crippen LogP contribution in [0.5, 0.6) is 0 Å². The smallest absolute Gasteiger partial charge is 0.261 e. The Kier molecular flexibility index (Phi) is 5.11. The minimum atomic E-state index is -0.267. The average molecular weight is 404 g/mol. The normalized spacial score (nSPS) is 12.0. The quantitative estimate of drug-likeness (QED) is 0.585. The number of benzene rings is 2. The molecule has 2 nitrogen and oxygen atoms in total.